The molecule has 1 aromatic heterocycles. The van der Waals surface area contributed by atoms with Crippen LogP contribution in [-0.4, -0.2) is 72.0 Å². The number of methoxy groups -OCH3 is 1. The van der Waals surface area contributed by atoms with Crippen molar-refractivity contribution in [2.45, 2.75) is 44.5 Å². The van der Waals surface area contributed by atoms with Gasteiger partial charge >= 0.3 is 0 Å². The zero-order valence-corrected chi connectivity index (χ0v) is 23.5. The molecule has 1 saturated heterocycles. The van der Waals surface area contributed by atoms with Crippen molar-refractivity contribution in [1.29, 1.82) is 0 Å². The number of nitrogens with zero attached hydrogens (tertiary/aromatic N) is 3. The monoisotopic (exact) mass is 585 g/mol. The Morgan fingerprint density at radius 2 is 2.00 bits per heavy atom. The summed E-state index contributed by atoms with van der Waals surface area (Å²) < 4.78 is 33.8. The van der Waals surface area contributed by atoms with Gasteiger partial charge in [-0.05, 0) is 48.2 Å². The number of aryl methyl sites for hydroxylation is 1. The normalized spacial score (nSPS) is 20.4. The van der Waals surface area contributed by atoms with Gasteiger partial charge in [0.2, 0.25) is 5.91 Å². The minimum absolute atomic E-state index is 0.166. The number of amides is 2. The number of aromatic nitrogens is 2. The van der Waals surface area contributed by atoms with Gasteiger partial charge in [0, 0.05) is 44.9 Å². The Morgan fingerprint density at radius 1 is 1.12 bits per heavy atom. The fourth-order valence-corrected chi connectivity index (χ4v) is 5.24. The second-order valence-corrected chi connectivity index (χ2v) is 10.6. The lowest BCUT2D eigenvalue weighted by atomic mass is 10.0. The number of fused-ring (bicyclic) bond motifs is 5. The van der Waals surface area contributed by atoms with Gasteiger partial charge in [0.1, 0.15) is 17.7 Å². The predicted octanol–water partition coefficient (Wildman–Crippen LogP) is 2.96. The van der Waals surface area contributed by atoms with Crippen LogP contribution in [0.1, 0.15) is 24.0 Å². The second kappa shape index (κ2) is 13.2. The number of benzene rings is 2. The van der Waals surface area contributed by atoms with Gasteiger partial charge in [0.05, 0.1) is 30.9 Å². The van der Waals surface area contributed by atoms with Crippen LogP contribution in [0.5, 0.6) is 17.2 Å². The minimum atomic E-state index is -0.462. The molecule has 2 aromatic carbocycles. The summed E-state index contributed by atoms with van der Waals surface area (Å²) >= 11 is 5.99. The van der Waals surface area contributed by atoms with Gasteiger partial charge in [-0.2, -0.15) is 5.10 Å². The van der Waals surface area contributed by atoms with Gasteiger partial charge in [0.15, 0.2) is 18.1 Å². The largest absolute Gasteiger partial charge is 0.493 e. The fourth-order valence-electron chi connectivity index (χ4n) is 5.08. The van der Waals surface area contributed by atoms with Crippen LogP contribution in [0.15, 0.2) is 48.8 Å². The van der Waals surface area contributed by atoms with E-state index in [4.69, 9.17) is 25.8 Å². The van der Waals surface area contributed by atoms with Crippen molar-refractivity contribution in [1.82, 2.24) is 25.3 Å². The van der Waals surface area contributed by atoms with E-state index in [2.05, 4.69) is 20.6 Å². The Hall–Kier alpha value is -3.83. The molecule has 4 bridgehead atoms. The summed E-state index contributed by atoms with van der Waals surface area (Å²) in [5.74, 6) is 0.303. The number of carbonyl (C=O) groups excluding carboxylic acids is 2. The maximum Gasteiger partial charge on any atom is 0.258 e. The third-order valence-electron chi connectivity index (χ3n) is 7.16. The molecule has 12 heteroatoms. The molecule has 2 N–H and O–H groups in total. The van der Waals surface area contributed by atoms with Gasteiger partial charge in [-0.25, -0.2) is 4.39 Å². The van der Waals surface area contributed by atoms with Crippen LogP contribution >= 0.6 is 11.6 Å². The van der Waals surface area contributed by atoms with Gasteiger partial charge in [-0.3, -0.25) is 19.2 Å². The molecule has 3 aromatic rings. The van der Waals surface area contributed by atoms with E-state index in [1.165, 1.54) is 19.2 Å². The third-order valence-corrected chi connectivity index (χ3v) is 7.36. The lowest BCUT2D eigenvalue weighted by Crippen LogP contribution is -2.58. The summed E-state index contributed by atoms with van der Waals surface area (Å²) in [6.45, 7) is 2.49. The molecule has 41 heavy (non-hydrogen) atoms. The molecular formula is C29H33ClFN5O5. The molecular weight excluding hydrogens is 553 g/mol. The standard InChI is InChI=1S/C29H33ClFN5O5/c1-39-26-4-2-19-3-5-28(37)32-14-20-10-22(31)13-23(11-20)41-25-6-7-35(8-9-36-16-21(30)15-33-36)17-24(25)34-29(38)18-40-27(26)12-19/h2,4,10-13,15-16,24-25H,3,5-9,14,17-18H2,1H3,(H,32,37)(H,34,38)/t24-,25-/m1/s1. The zero-order valence-electron chi connectivity index (χ0n) is 22.8. The number of piperidine rings is 1. The number of rotatable bonds is 4. The molecule has 2 amide bonds. The Balaban J connectivity index is 1.36. The summed E-state index contributed by atoms with van der Waals surface area (Å²) in [6, 6.07) is 9.41. The van der Waals surface area contributed by atoms with Crippen LogP contribution in [0.3, 0.4) is 0 Å². The van der Waals surface area contributed by atoms with Crippen LogP contribution in [0, 0.1) is 5.82 Å². The molecule has 2 aliphatic heterocycles. The van der Waals surface area contributed by atoms with Crippen molar-refractivity contribution >= 4 is 23.4 Å². The Bertz CT molecular complexity index is 1390. The Kier molecular flexibility index (Phi) is 9.25. The molecule has 5 rings (SSSR count). The van der Waals surface area contributed by atoms with E-state index >= 15 is 0 Å². The summed E-state index contributed by atoms with van der Waals surface area (Å²) in [6.07, 6.45) is 4.25. The summed E-state index contributed by atoms with van der Waals surface area (Å²) in [5.41, 5.74) is 1.45. The minimum Gasteiger partial charge on any atom is -0.493 e. The van der Waals surface area contributed by atoms with Crippen LogP contribution in [0.25, 0.3) is 0 Å². The van der Waals surface area contributed by atoms with E-state index in [0.29, 0.717) is 66.9 Å². The van der Waals surface area contributed by atoms with E-state index in [1.54, 1.807) is 35.3 Å². The Morgan fingerprint density at radius 3 is 2.80 bits per heavy atom. The van der Waals surface area contributed by atoms with Gasteiger partial charge in [-0.1, -0.05) is 17.7 Å². The highest BCUT2D eigenvalue weighted by Gasteiger charge is 2.32. The number of carbonyl (C=O) groups is 2. The van der Waals surface area contributed by atoms with Crippen molar-refractivity contribution < 1.29 is 28.2 Å². The first-order chi connectivity index (χ1) is 19.8. The molecule has 0 radical (unpaired) electrons. The number of halogens is 2. The number of hydrogen-bond acceptors (Lipinski definition) is 7. The lowest BCUT2D eigenvalue weighted by molar-refractivity contribution is -0.125. The second-order valence-electron chi connectivity index (χ2n) is 10.2. The predicted molar refractivity (Wildman–Crippen MR) is 150 cm³/mol. The average Bonchev–Trinajstić information content (AvgIpc) is 3.38. The molecule has 218 valence electrons. The smallest absolute Gasteiger partial charge is 0.258 e. The number of ether oxygens (including phenoxy) is 3. The highest BCUT2D eigenvalue weighted by molar-refractivity contribution is 6.30. The zero-order chi connectivity index (χ0) is 28.8. The number of nitrogens with one attached hydrogen (secondary N) is 2. The highest BCUT2D eigenvalue weighted by Crippen LogP contribution is 2.29. The first-order valence-corrected chi connectivity index (χ1v) is 13.9. The van der Waals surface area contributed by atoms with Crippen molar-refractivity contribution in [2.75, 3.05) is 33.4 Å². The lowest BCUT2D eigenvalue weighted by Gasteiger charge is -2.38. The first-order valence-electron chi connectivity index (χ1n) is 13.6. The molecule has 3 heterocycles. The molecule has 2 aliphatic rings. The van der Waals surface area contributed by atoms with Crippen molar-refractivity contribution in [3.8, 4) is 17.2 Å². The van der Waals surface area contributed by atoms with Crippen LogP contribution in [0.4, 0.5) is 4.39 Å². The molecule has 2 atom stereocenters. The molecule has 0 unspecified atom stereocenters. The maximum absolute atomic E-state index is 14.5. The Labute approximate surface area is 242 Å². The highest BCUT2D eigenvalue weighted by atomic mass is 35.5. The van der Waals surface area contributed by atoms with E-state index in [-0.39, 0.29) is 37.4 Å². The van der Waals surface area contributed by atoms with Gasteiger partial charge in [-0.15, -0.1) is 0 Å². The molecule has 0 saturated carbocycles. The SMILES string of the molecule is COc1ccc2cc1OCC(=O)N[C@@H]1CN(CCn3cc(Cl)cn3)CC[C@H]1Oc1cc(F)cc(c1)CNC(=O)CC2. The van der Waals surface area contributed by atoms with Crippen LogP contribution in [0.2, 0.25) is 5.02 Å². The quantitative estimate of drug-likeness (QED) is 0.485. The van der Waals surface area contributed by atoms with Gasteiger partial charge < -0.3 is 24.8 Å². The summed E-state index contributed by atoms with van der Waals surface area (Å²) in [4.78, 5) is 27.8. The number of likely N-dealkylation sites (tertiary alicyclic amines) is 1. The number of hydrogen-bond donors (Lipinski definition) is 2. The van der Waals surface area contributed by atoms with Gasteiger partial charge in [0.25, 0.3) is 5.91 Å². The third kappa shape index (κ3) is 7.89. The summed E-state index contributed by atoms with van der Waals surface area (Å²) in [5, 5.41) is 10.7. The molecule has 1 fully saturated rings. The molecule has 10 nitrogen and oxygen atoms in total. The van der Waals surface area contributed by atoms with Crippen molar-refractivity contribution in [2.24, 2.45) is 0 Å². The van der Waals surface area contributed by atoms with Crippen molar-refractivity contribution in [3.63, 3.8) is 0 Å². The van der Waals surface area contributed by atoms with Crippen LogP contribution < -0.4 is 24.8 Å². The topological polar surface area (TPSA) is 107 Å². The average molecular weight is 586 g/mol. The first kappa shape index (κ1) is 28.7. The van der Waals surface area contributed by atoms with E-state index in [0.717, 1.165) is 5.56 Å². The fraction of sp³-hybridized carbons (Fsp3) is 0.414. The van der Waals surface area contributed by atoms with E-state index < -0.39 is 11.9 Å². The van der Waals surface area contributed by atoms with E-state index in [9.17, 15) is 14.0 Å². The van der Waals surface area contributed by atoms with Crippen molar-refractivity contribution in [3.05, 3.63) is 70.8 Å². The summed E-state index contributed by atoms with van der Waals surface area (Å²) in [7, 11) is 1.53. The van der Waals surface area contributed by atoms with Crippen LogP contribution in [-0.2, 0) is 29.1 Å². The molecule has 0 aliphatic carbocycles. The van der Waals surface area contributed by atoms with E-state index in [1.807, 2.05) is 6.07 Å². The maximum atomic E-state index is 14.5. The molecule has 0 spiro atoms.